The van der Waals surface area contributed by atoms with E-state index in [-0.39, 0.29) is 11.1 Å². The molecule has 0 fully saturated rings. The van der Waals surface area contributed by atoms with E-state index in [9.17, 15) is 26.4 Å². The van der Waals surface area contributed by atoms with Crippen LogP contribution in [0.2, 0.25) is 0 Å². The van der Waals surface area contributed by atoms with Gasteiger partial charge in [0.25, 0.3) is 0 Å². The number of rotatable bonds is 6. The van der Waals surface area contributed by atoms with Gasteiger partial charge in [-0.05, 0) is 17.7 Å². The van der Waals surface area contributed by atoms with Crippen molar-refractivity contribution >= 4 is 16.0 Å². The molecule has 0 amide bonds. The summed E-state index contributed by atoms with van der Waals surface area (Å²) in [4.78, 5) is 10.6. The Bertz CT molecular complexity index is 566. The zero-order valence-corrected chi connectivity index (χ0v) is 11.0. The zero-order chi connectivity index (χ0) is 15.4. The first-order chi connectivity index (χ1) is 9.09. The molecule has 0 atom stereocenters. The third-order valence-electron chi connectivity index (χ3n) is 2.29. The summed E-state index contributed by atoms with van der Waals surface area (Å²) < 4.78 is 60.5. The fraction of sp³-hybridized carbons (Fsp3) is 0.364. The number of hydrogen-bond acceptors (Lipinski definition) is 3. The Hall–Kier alpha value is -1.61. The Balaban J connectivity index is 2.60. The van der Waals surface area contributed by atoms with Gasteiger partial charge < -0.3 is 5.11 Å². The van der Waals surface area contributed by atoms with E-state index in [0.717, 1.165) is 0 Å². The van der Waals surface area contributed by atoms with E-state index in [1.807, 2.05) is 4.72 Å². The molecule has 1 aromatic rings. The van der Waals surface area contributed by atoms with Crippen molar-refractivity contribution in [3.63, 3.8) is 0 Å². The molecular weight excluding hydrogens is 299 g/mol. The van der Waals surface area contributed by atoms with E-state index in [1.54, 1.807) is 0 Å². The molecule has 0 aromatic heterocycles. The summed E-state index contributed by atoms with van der Waals surface area (Å²) in [6, 6.07) is 5.05. The molecule has 0 aliphatic rings. The van der Waals surface area contributed by atoms with E-state index in [2.05, 4.69) is 0 Å². The molecule has 5 nitrogen and oxygen atoms in total. The van der Waals surface area contributed by atoms with Gasteiger partial charge in [-0.3, -0.25) is 0 Å². The van der Waals surface area contributed by atoms with E-state index in [0.29, 0.717) is 0 Å². The number of carboxylic acid groups (broad SMARTS) is 1. The summed E-state index contributed by atoms with van der Waals surface area (Å²) in [6.07, 6.45) is -5.67. The van der Waals surface area contributed by atoms with Gasteiger partial charge in [0.2, 0.25) is 10.0 Å². The first-order valence-electron chi connectivity index (χ1n) is 5.45. The van der Waals surface area contributed by atoms with Gasteiger partial charge in [0.05, 0.1) is 17.7 Å². The van der Waals surface area contributed by atoms with E-state index in [1.165, 1.54) is 24.3 Å². The number of benzene rings is 1. The summed E-state index contributed by atoms with van der Waals surface area (Å²) in [7, 11) is -3.89. The molecule has 0 aliphatic carbocycles. The van der Waals surface area contributed by atoms with Crippen LogP contribution in [-0.4, -0.2) is 32.2 Å². The third kappa shape index (κ3) is 6.02. The van der Waals surface area contributed by atoms with Crippen LogP contribution >= 0.6 is 0 Å². The van der Waals surface area contributed by atoms with Crippen molar-refractivity contribution in [2.24, 2.45) is 0 Å². The number of hydrogen-bond donors (Lipinski definition) is 2. The Labute approximate surface area is 113 Å². The van der Waals surface area contributed by atoms with Gasteiger partial charge in [-0.25, -0.2) is 17.9 Å². The highest BCUT2D eigenvalue weighted by atomic mass is 32.2. The van der Waals surface area contributed by atoms with Crippen molar-refractivity contribution in [3.8, 4) is 0 Å². The third-order valence-corrected chi connectivity index (χ3v) is 3.65. The molecule has 20 heavy (non-hydrogen) atoms. The molecular formula is C11H12F3NO4S. The summed E-state index contributed by atoms with van der Waals surface area (Å²) in [6.45, 7) is -0.723. The smallest absolute Gasteiger partial charge is 0.390 e. The maximum atomic E-state index is 11.9. The fourth-order valence-corrected chi connectivity index (χ4v) is 2.51. The molecule has 0 radical (unpaired) electrons. The van der Waals surface area contributed by atoms with Crippen molar-refractivity contribution < 1.29 is 31.5 Å². The van der Waals surface area contributed by atoms with Crippen LogP contribution in [0, 0.1) is 0 Å². The Morgan fingerprint density at radius 2 is 1.75 bits per heavy atom. The number of sulfonamides is 1. The van der Waals surface area contributed by atoms with Crippen LogP contribution < -0.4 is 4.72 Å². The highest BCUT2D eigenvalue weighted by Crippen LogP contribution is 2.18. The average Bonchev–Trinajstić information content (AvgIpc) is 2.26. The Kier molecular flexibility index (Phi) is 5.12. The average molecular weight is 311 g/mol. The van der Waals surface area contributed by atoms with Crippen LogP contribution in [0.5, 0.6) is 0 Å². The quantitative estimate of drug-likeness (QED) is 0.838. The van der Waals surface area contributed by atoms with Gasteiger partial charge in [-0.2, -0.15) is 13.2 Å². The lowest BCUT2D eigenvalue weighted by Crippen LogP contribution is -2.29. The molecule has 0 heterocycles. The minimum atomic E-state index is -4.42. The fourth-order valence-electron chi connectivity index (χ4n) is 1.36. The highest BCUT2D eigenvalue weighted by Gasteiger charge is 2.27. The Morgan fingerprint density at radius 3 is 2.20 bits per heavy atom. The van der Waals surface area contributed by atoms with Gasteiger partial charge in [-0.15, -0.1) is 0 Å². The molecule has 0 bridgehead atoms. The van der Waals surface area contributed by atoms with Crippen LogP contribution in [0.4, 0.5) is 13.2 Å². The maximum absolute atomic E-state index is 11.9. The lowest BCUT2D eigenvalue weighted by atomic mass is 10.1. The standard InChI is InChI=1S/C11H12F3NO4S/c12-11(13,14)5-6-15-20(18,19)7-8-1-3-9(4-2-8)10(16)17/h1-4,15H,5-7H2,(H,16,17). The predicted octanol–water partition coefficient (Wildman–Crippen LogP) is 1.76. The van der Waals surface area contributed by atoms with Crippen LogP contribution in [-0.2, 0) is 15.8 Å². The number of carboxylic acids is 1. The second kappa shape index (κ2) is 6.23. The monoisotopic (exact) mass is 311 g/mol. The molecule has 2 N–H and O–H groups in total. The van der Waals surface area contributed by atoms with Gasteiger partial charge in [0.1, 0.15) is 0 Å². The SMILES string of the molecule is O=C(O)c1ccc(CS(=O)(=O)NCCC(F)(F)F)cc1. The van der Waals surface area contributed by atoms with E-state index >= 15 is 0 Å². The summed E-state index contributed by atoms with van der Waals surface area (Å²) in [5, 5.41) is 8.66. The first kappa shape index (κ1) is 16.4. The molecule has 0 unspecified atom stereocenters. The largest absolute Gasteiger partial charge is 0.478 e. The highest BCUT2D eigenvalue weighted by molar-refractivity contribution is 7.88. The maximum Gasteiger partial charge on any atom is 0.390 e. The topological polar surface area (TPSA) is 83.5 Å². The van der Waals surface area contributed by atoms with E-state index < -0.39 is 40.9 Å². The summed E-state index contributed by atoms with van der Waals surface area (Å²) in [5.41, 5.74) is 0.283. The first-order valence-corrected chi connectivity index (χ1v) is 7.11. The lowest BCUT2D eigenvalue weighted by molar-refractivity contribution is -0.132. The van der Waals surface area contributed by atoms with Crippen molar-refractivity contribution in [1.29, 1.82) is 0 Å². The zero-order valence-electron chi connectivity index (χ0n) is 10.1. The number of carbonyl (C=O) groups is 1. The van der Waals surface area contributed by atoms with Crippen LogP contribution in [0.25, 0.3) is 0 Å². The second-order valence-corrected chi connectivity index (χ2v) is 5.83. The van der Waals surface area contributed by atoms with Crippen LogP contribution in [0.3, 0.4) is 0 Å². The van der Waals surface area contributed by atoms with Crippen molar-refractivity contribution in [2.75, 3.05) is 6.54 Å². The van der Waals surface area contributed by atoms with Gasteiger partial charge in [-0.1, -0.05) is 12.1 Å². The molecule has 0 saturated heterocycles. The normalized spacial score (nSPS) is 12.3. The summed E-state index contributed by atoms with van der Waals surface area (Å²) >= 11 is 0. The molecule has 1 aromatic carbocycles. The lowest BCUT2D eigenvalue weighted by Gasteiger charge is -2.09. The Morgan fingerprint density at radius 1 is 1.20 bits per heavy atom. The molecule has 112 valence electrons. The van der Waals surface area contributed by atoms with Crippen molar-refractivity contribution in [2.45, 2.75) is 18.3 Å². The molecule has 0 saturated carbocycles. The van der Waals surface area contributed by atoms with Gasteiger partial charge in [0.15, 0.2) is 0 Å². The van der Waals surface area contributed by atoms with Gasteiger partial charge >= 0.3 is 12.1 Å². The van der Waals surface area contributed by atoms with E-state index in [4.69, 9.17) is 5.11 Å². The number of aromatic carboxylic acids is 1. The van der Waals surface area contributed by atoms with Crippen molar-refractivity contribution in [1.82, 2.24) is 4.72 Å². The molecule has 0 spiro atoms. The predicted molar refractivity (Wildman–Crippen MR) is 64.7 cm³/mol. The number of alkyl halides is 3. The minimum absolute atomic E-state index is 0.00354. The molecule has 0 aliphatic heterocycles. The summed E-state index contributed by atoms with van der Waals surface area (Å²) in [5.74, 6) is -1.66. The number of nitrogens with one attached hydrogen (secondary N) is 1. The molecule has 1 rings (SSSR count). The second-order valence-electron chi connectivity index (χ2n) is 4.02. The molecule has 9 heteroatoms. The van der Waals surface area contributed by atoms with Crippen molar-refractivity contribution in [3.05, 3.63) is 35.4 Å². The van der Waals surface area contributed by atoms with Gasteiger partial charge in [0, 0.05) is 6.54 Å². The van der Waals surface area contributed by atoms with Crippen LogP contribution in [0.1, 0.15) is 22.3 Å². The minimum Gasteiger partial charge on any atom is -0.478 e. The number of halogens is 3. The van der Waals surface area contributed by atoms with Crippen LogP contribution in [0.15, 0.2) is 24.3 Å².